The average Bonchev–Trinajstić information content (AvgIpc) is 1.76. The molecule has 1 fully saturated rings. The third kappa shape index (κ3) is 32.3. The number of aromatic amines is 1. The zero-order valence-corrected chi connectivity index (χ0v) is 64.7. The van der Waals surface area contributed by atoms with Crippen LogP contribution in [0.15, 0.2) is 91.4 Å². The predicted molar refractivity (Wildman–Crippen MR) is 417 cm³/mol. The number of carboxylic acid groups (broad SMARTS) is 2. The molecule has 1 saturated heterocycles. The number of imidazole rings is 1. The summed E-state index contributed by atoms with van der Waals surface area (Å²) in [6.07, 6.45) is -3.82. The molecule has 117 heavy (non-hydrogen) atoms. The van der Waals surface area contributed by atoms with Crippen molar-refractivity contribution < 1.29 is 107 Å². The summed E-state index contributed by atoms with van der Waals surface area (Å²) in [5, 5.41) is 98.4. The highest BCUT2D eigenvalue weighted by Crippen LogP contribution is 2.22. The van der Waals surface area contributed by atoms with Gasteiger partial charge in [-0.2, -0.15) is 12.6 Å². The number of thiol groups is 1. The maximum absolute atomic E-state index is 14.7. The highest BCUT2D eigenvalue weighted by molar-refractivity contribution is 7.80. The monoisotopic (exact) mass is 1660 g/mol. The van der Waals surface area contributed by atoms with Gasteiger partial charge in [-0.15, -0.1) is 0 Å². The summed E-state index contributed by atoms with van der Waals surface area (Å²) >= 11 is 3.97. The standard InChI is InChI=1S/C73H103N21O22S/c1-37(96)59(93-69(112)55-13-8-26-94(55)71(114)47(11-5-6-24-74)85-68(111)54(34-95)92-64(107)49(28-40-16-20-43(98)21-17-40)88-66(109)51(31-57(77)100)86-60(103)44(75)35-117)70(113)90-52(32-58(101)102)67(110)83-45(12-7-25-81-73(78)79)61(104)84-46(22-23-56(76)99)62(105)87-48(27-39-14-18-42(97)19-15-39)63(106)89-50(30-41-33-80-36-82-41)65(108)91-53(72(115)116)29-38-9-3-2-4-10-38/h2-4,9-10,14-21,33,36-37,44-55,59,95-98,117H,5-8,11-13,22-32,34-35,74-75H2,1H3,(H2,76,99)(H2,77,100)(H,80,82)(H,83,110)(H,84,104)(H,85,111)(H,86,103)(H,87,105)(H,88,109)(H,89,106)(H,90,113)(H,91,108)(H,92,107)(H,93,112)(H,101,102)(H,115,116)(H4,78,79,81)/t37-,44+,45+,46+,47+,48+,49+,50+,51+,52+,53+,54+,55+,59+/m1/s1. The number of hydrogen-bond acceptors (Lipinski definition) is 25. The van der Waals surface area contributed by atoms with Gasteiger partial charge in [-0.25, -0.2) is 9.78 Å². The molecule has 0 saturated carbocycles. The molecule has 0 aliphatic carbocycles. The molecule has 43 nitrogen and oxygen atoms in total. The number of H-pyrrole nitrogens is 1. The second-order valence-electron chi connectivity index (χ2n) is 27.6. The first kappa shape index (κ1) is 95.0. The fourth-order valence-corrected chi connectivity index (χ4v) is 12.2. The normalized spacial score (nSPS) is 15.7. The molecule has 1 aliphatic rings. The zero-order chi connectivity index (χ0) is 86.6. The number of likely N-dealkylation sites (tertiary alicyclic amines) is 1. The molecule has 0 bridgehead atoms. The van der Waals surface area contributed by atoms with Crippen LogP contribution in [0, 0.1) is 5.41 Å². The highest BCUT2D eigenvalue weighted by Gasteiger charge is 2.43. The Kier molecular flexibility index (Phi) is 39.0. The Balaban J connectivity index is 1.37. The Morgan fingerprint density at radius 3 is 1.49 bits per heavy atom. The Bertz CT molecular complexity index is 4090. The van der Waals surface area contributed by atoms with Crippen molar-refractivity contribution in [3.8, 4) is 11.5 Å². The van der Waals surface area contributed by atoms with Gasteiger partial charge in [0.25, 0.3) is 0 Å². The summed E-state index contributed by atoms with van der Waals surface area (Å²) in [7, 11) is 0. The lowest BCUT2D eigenvalue weighted by Crippen LogP contribution is -2.62. The van der Waals surface area contributed by atoms with Crippen molar-refractivity contribution in [3.63, 3.8) is 0 Å². The molecule has 0 unspecified atom stereocenters. The molecule has 638 valence electrons. The molecule has 0 radical (unpaired) electrons. The molecule has 14 atom stereocenters. The molecule has 5 rings (SSSR count). The number of phenols is 2. The first-order chi connectivity index (χ1) is 55.5. The van der Waals surface area contributed by atoms with Gasteiger partial charge in [0.2, 0.25) is 82.7 Å². The minimum atomic E-state index is -2.16. The summed E-state index contributed by atoms with van der Waals surface area (Å²) < 4.78 is 0. The van der Waals surface area contributed by atoms with E-state index in [0.717, 1.165) is 11.8 Å². The van der Waals surface area contributed by atoms with Crippen LogP contribution in [0.25, 0.3) is 0 Å². The number of nitrogens with one attached hydrogen (secondary N) is 14. The van der Waals surface area contributed by atoms with Crippen LogP contribution in [0.5, 0.6) is 11.5 Å². The van der Waals surface area contributed by atoms with Crippen molar-refractivity contribution in [2.75, 3.05) is 32.0 Å². The van der Waals surface area contributed by atoms with Gasteiger partial charge < -0.3 is 133 Å². The number of guanidine groups is 1. The summed E-state index contributed by atoms with van der Waals surface area (Å²) in [6, 6.07) is -3.14. The van der Waals surface area contributed by atoms with E-state index in [2.05, 4.69) is 86.4 Å². The predicted octanol–water partition coefficient (Wildman–Crippen LogP) is -7.86. The van der Waals surface area contributed by atoms with Gasteiger partial charge in [-0.3, -0.25) is 77.3 Å². The van der Waals surface area contributed by atoms with Crippen molar-refractivity contribution >= 4 is 113 Å². The largest absolute Gasteiger partial charge is 0.508 e. The van der Waals surface area contributed by atoms with E-state index in [1.807, 2.05) is 0 Å². The number of phenolic OH excluding ortho intramolecular Hbond substituents is 2. The van der Waals surface area contributed by atoms with E-state index in [4.69, 9.17) is 34.1 Å². The molecule has 1 aromatic heterocycles. The number of nitrogens with two attached hydrogens (primary N) is 5. The summed E-state index contributed by atoms with van der Waals surface area (Å²) in [6.45, 7) is -0.262. The number of carbonyl (C=O) groups is 16. The van der Waals surface area contributed by atoms with Crippen molar-refractivity contribution in [2.24, 2.45) is 28.7 Å². The first-order valence-electron chi connectivity index (χ1n) is 37.2. The van der Waals surface area contributed by atoms with E-state index in [0.29, 0.717) is 23.1 Å². The van der Waals surface area contributed by atoms with Crippen LogP contribution in [-0.4, -0.2) is 263 Å². The molecule has 1 aliphatic heterocycles. The molecular weight excluding hydrogens is 1550 g/mol. The van der Waals surface area contributed by atoms with Gasteiger partial charge in [-0.1, -0.05) is 54.6 Å². The van der Waals surface area contributed by atoms with Crippen molar-refractivity contribution in [3.05, 3.63) is 114 Å². The Morgan fingerprint density at radius 1 is 0.547 bits per heavy atom. The number of aromatic hydroxyl groups is 2. The number of aliphatic hydroxyl groups excluding tert-OH is 2. The molecule has 2 heterocycles. The maximum atomic E-state index is 14.7. The van der Waals surface area contributed by atoms with Crippen molar-refractivity contribution in [1.82, 2.24) is 78.7 Å². The molecule has 3 aromatic carbocycles. The maximum Gasteiger partial charge on any atom is 0.326 e. The number of hydrogen-bond donors (Lipinski definition) is 26. The number of carboxylic acids is 2. The number of aliphatic carboxylic acids is 2. The number of nitrogens with zero attached hydrogens (tertiary/aromatic N) is 2. The first-order valence-corrected chi connectivity index (χ1v) is 37.8. The van der Waals surface area contributed by atoms with Gasteiger partial charge in [0.15, 0.2) is 5.96 Å². The van der Waals surface area contributed by atoms with E-state index >= 15 is 0 Å². The summed E-state index contributed by atoms with van der Waals surface area (Å²) in [4.78, 5) is 228. The van der Waals surface area contributed by atoms with Crippen LogP contribution in [0.3, 0.4) is 0 Å². The zero-order valence-electron chi connectivity index (χ0n) is 63.8. The van der Waals surface area contributed by atoms with Crippen LogP contribution in [0.2, 0.25) is 0 Å². The van der Waals surface area contributed by atoms with E-state index < -0.39 is 230 Å². The van der Waals surface area contributed by atoms with Crippen LogP contribution >= 0.6 is 12.6 Å². The molecule has 14 amide bonds. The minimum absolute atomic E-state index is 0.0946. The average molecular weight is 1660 g/mol. The summed E-state index contributed by atoms with van der Waals surface area (Å²) in [5.74, 6) is -19.7. The Hall–Kier alpha value is -12.6. The number of unbranched alkanes of at least 4 members (excludes halogenated alkanes) is 1. The Morgan fingerprint density at radius 2 is 1.00 bits per heavy atom. The van der Waals surface area contributed by atoms with E-state index in [-0.39, 0.29) is 93.9 Å². The van der Waals surface area contributed by atoms with Crippen LogP contribution < -0.4 is 92.5 Å². The van der Waals surface area contributed by atoms with E-state index in [9.17, 15) is 107 Å². The Labute approximate surface area is 675 Å². The molecule has 4 aromatic rings. The molecular formula is C73H103N21O22S. The van der Waals surface area contributed by atoms with Gasteiger partial charge in [0, 0.05) is 57.1 Å². The number of carbonyl (C=O) groups excluding carboxylic acids is 14. The van der Waals surface area contributed by atoms with Gasteiger partial charge in [0.05, 0.1) is 43.6 Å². The fourth-order valence-electron chi connectivity index (χ4n) is 12.1. The van der Waals surface area contributed by atoms with E-state index in [1.54, 1.807) is 30.3 Å². The number of benzene rings is 3. The third-order valence-electron chi connectivity index (χ3n) is 18.3. The third-order valence-corrected chi connectivity index (χ3v) is 18.7. The minimum Gasteiger partial charge on any atom is -0.508 e. The molecule has 44 heteroatoms. The van der Waals surface area contributed by atoms with Gasteiger partial charge in [0.1, 0.15) is 84.0 Å². The molecule has 0 spiro atoms. The quantitative estimate of drug-likeness (QED) is 0.00845. The van der Waals surface area contributed by atoms with Gasteiger partial charge >= 0.3 is 11.9 Å². The second kappa shape index (κ2) is 48.0. The van der Waals surface area contributed by atoms with Crippen LogP contribution in [0.4, 0.5) is 0 Å². The number of aromatic nitrogens is 2. The van der Waals surface area contributed by atoms with E-state index in [1.165, 1.54) is 61.1 Å². The molecule has 30 N–H and O–H groups in total. The second-order valence-corrected chi connectivity index (χ2v) is 27.9. The lowest BCUT2D eigenvalue weighted by atomic mass is 10.0. The topological polar surface area (TPSA) is 725 Å². The SMILES string of the molecule is C[C@@H](O)[C@H](NC(=O)[C@@H]1CCCN1C(=O)[C@H](CCCCN)NC(=O)[C@H](CO)NC(=O)[C@H](Cc1ccc(O)cc1)NC(=O)[C@H](CC(N)=O)NC(=O)[C@@H](N)CS)C(=O)N[C@@H](CC(=O)O)C(=O)N[C@@H](CCCNC(=N)N)C(=O)N[C@@H](CCC(N)=O)C(=O)N[C@@H](Cc1ccc(O)cc1)C(=O)N[C@@H](Cc1c[nH]cn1)C(=O)N[C@@H](Cc1ccccc1)C(=O)O. The fraction of sp³-hybridized carbons (Fsp3) is 0.479. The number of primary amides is 2. The van der Waals surface area contributed by atoms with Crippen molar-refractivity contribution in [1.29, 1.82) is 5.41 Å². The lowest BCUT2D eigenvalue weighted by Gasteiger charge is -2.31. The smallest absolute Gasteiger partial charge is 0.326 e. The number of rotatable bonds is 50. The highest BCUT2D eigenvalue weighted by atomic mass is 32.1. The summed E-state index contributed by atoms with van der Waals surface area (Å²) in [5.41, 5.74) is 29.3. The van der Waals surface area contributed by atoms with Crippen LogP contribution in [0.1, 0.15) is 99.9 Å². The van der Waals surface area contributed by atoms with Crippen molar-refractivity contribution in [2.45, 2.75) is 188 Å². The van der Waals surface area contributed by atoms with Crippen LogP contribution in [-0.2, 0) is 102 Å². The number of amides is 14. The lowest BCUT2D eigenvalue weighted by molar-refractivity contribution is -0.144. The van der Waals surface area contributed by atoms with Gasteiger partial charge in [-0.05, 0) is 106 Å². The number of aliphatic hydroxyl groups is 2.